The molecule has 0 saturated carbocycles. The van der Waals surface area contributed by atoms with Gasteiger partial charge in [-0.2, -0.15) is 0 Å². The summed E-state index contributed by atoms with van der Waals surface area (Å²) in [5, 5.41) is 11.1. The molecule has 0 aromatic heterocycles. The van der Waals surface area contributed by atoms with Crippen LogP contribution < -0.4 is 15.5 Å². The molecule has 1 unspecified atom stereocenters. The van der Waals surface area contributed by atoms with E-state index in [1.807, 2.05) is 6.07 Å². The molecule has 0 spiro atoms. The van der Waals surface area contributed by atoms with Gasteiger partial charge in [-0.1, -0.05) is 48.5 Å². The Bertz CT molecular complexity index is 1170. The molecule has 0 fully saturated rings. The molecule has 0 aliphatic rings. The lowest BCUT2D eigenvalue weighted by Gasteiger charge is -2.17. The number of amides is 2. The highest BCUT2D eigenvalue weighted by atomic mass is 32.2. The molecule has 9 nitrogen and oxygen atoms in total. The Hall–Kier alpha value is -3.89. The lowest BCUT2D eigenvalue weighted by atomic mass is 10.2. The molecule has 3 aromatic carbocycles. The summed E-state index contributed by atoms with van der Waals surface area (Å²) < 4.78 is 36.3. The first-order chi connectivity index (χ1) is 15.9. The normalized spacial score (nSPS) is 11.8. The summed E-state index contributed by atoms with van der Waals surface area (Å²) in [7, 11) is -4.01. The third kappa shape index (κ3) is 7.06. The molecule has 1 atom stereocenters. The van der Waals surface area contributed by atoms with Gasteiger partial charge in [0.25, 0.3) is 5.91 Å². The van der Waals surface area contributed by atoms with Gasteiger partial charge in [-0.3, -0.25) is 10.0 Å². The molecule has 0 radical (unpaired) electrons. The first kappa shape index (κ1) is 23.8. The quantitative estimate of drug-likeness (QED) is 0.324. The maximum Gasteiger partial charge on any atom is 0.408 e. The highest BCUT2D eigenvalue weighted by Crippen LogP contribution is 2.23. The van der Waals surface area contributed by atoms with E-state index in [4.69, 9.17) is 14.7 Å². The molecular weight excluding hydrogens is 448 g/mol. The number of alkyl carbamates (subject to hydrolysis) is 1. The number of hydroxylamine groups is 1. The van der Waals surface area contributed by atoms with Crippen LogP contribution in [0.5, 0.6) is 11.5 Å². The number of sulfone groups is 1. The molecule has 172 valence electrons. The summed E-state index contributed by atoms with van der Waals surface area (Å²) in [4.78, 5) is 24.0. The number of hydrogen-bond acceptors (Lipinski definition) is 7. The molecule has 33 heavy (non-hydrogen) atoms. The number of para-hydroxylation sites is 1. The number of rotatable bonds is 9. The zero-order chi connectivity index (χ0) is 23.7. The standard InChI is InChI=1S/C23H22N2O7S/c26-22(25-28)21(24-23(27)31-15-17-7-3-1-4-8-17)16-33(29,30)20-13-11-19(12-14-20)32-18-9-5-2-6-10-18/h1-14,21,28H,15-16H2,(H,24,27)(H,25,26). The number of nitrogens with one attached hydrogen (secondary N) is 2. The van der Waals surface area contributed by atoms with Crippen molar-refractivity contribution in [2.45, 2.75) is 17.5 Å². The molecule has 10 heteroatoms. The van der Waals surface area contributed by atoms with E-state index in [1.165, 1.54) is 29.7 Å². The third-order valence-electron chi connectivity index (χ3n) is 4.48. The Labute approximate surface area is 190 Å². The topological polar surface area (TPSA) is 131 Å². The second kappa shape index (κ2) is 11.1. The van der Waals surface area contributed by atoms with Crippen LogP contribution in [0.25, 0.3) is 0 Å². The van der Waals surface area contributed by atoms with Crippen molar-refractivity contribution in [3.8, 4) is 11.5 Å². The minimum absolute atomic E-state index is 0.0736. The van der Waals surface area contributed by atoms with E-state index < -0.39 is 33.6 Å². The fourth-order valence-corrected chi connectivity index (χ4v) is 4.24. The van der Waals surface area contributed by atoms with E-state index in [0.717, 1.165) is 0 Å². The van der Waals surface area contributed by atoms with Crippen molar-refractivity contribution in [3.05, 3.63) is 90.5 Å². The zero-order valence-corrected chi connectivity index (χ0v) is 18.2. The Morgan fingerprint density at radius 3 is 2.03 bits per heavy atom. The van der Waals surface area contributed by atoms with Gasteiger partial charge in [-0.15, -0.1) is 0 Å². The van der Waals surface area contributed by atoms with Crippen LogP contribution in [-0.2, 0) is 26.0 Å². The molecule has 0 aliphatic carbocycles. The van der Waals surface area contributed by atoms with Crippen molar-refractivity contribution in [3.63, 3.8) is 0 Å². The Morgan fingerprint density at radius 2 is 1.42 bits per heavy atom. The van der Waals surface area contributed by atoms with Gasteiger partial charge in [0.15, 0.2) is 9.84 Å². The maximum atomic E-state index is 12.8. The summed E-state index contributed by atoms with van der Waals surface area (Å²) in [6.07, 6.45) is -1.01. The molecule has 0 aliphatic heterocycles. The molecule has 3 aromatic rings. The Balaban J connectivity index is 1.64. The van der Waals surface area contributed by atoms with Gasteiger partial charge in [-0.05, 0) is 42.0 Å². The van der Waals surface area contributed by atoms with Gasteiger partial charge < -0.3 is 14.8 Å². The molecule has 3 N–H and O–H groups in total. The molecule has 0 saturated heterocycles. The second-order valence-corrected chi connectivity index (χ2v) is 8.94. The smallest absolute Gasteiger partial charge is 0.408 e. The molecule has 0 heterocycles. The van der Waals surface area contributed by atoms with E-state index in [2.05, 4.69) is 5.32 Å². The first-order valence-electron chi connectivity index (χ1n) is 9.84. The van der Waals surface area contributed by atoms with Crippen LogP contribution in [0.4, 0.5) is 4.79 Å². The third-order valence-corrected chi connectivity index (χ3v) is 6.24. The van der Waals surface area contributed by atoms with Gasteiger partial charge in [0.1, 0.15) is 24.1 Å². The van der Waals surface area contributed by atoms with Crippen LogP contribution >= 0.6 is 0 Å². The van der Waals surface area contributed by atoms with E-state index in [-0.39, 0.29) is 11.5 Å². The number of hydrogen-bond donors (Lipinski definition) is 3. The second-order valence-electron chi connectivity index (χ2n) is 6.90. The average molecular weight is 471 g/mol. The molecule has 0 bridgehead atoms. The molecule has 3 rings (SSSR count). The van der Waals surface area contributed by atoms with E-state index in [0.29, 0.717) is 17.1 Å². The van der Waals surface area contributed by atoms with Gasteiger partial charge in [-0.25, -0.2) is 18.7 Å². The summed E-state index contributed by atoms with van der Waals surface area (Å²) in [6, 6.07) is 21.8. The van der Waals surface area contributed by atoms with Gasteiger partial charge >= 0.3 is 6.09 Å². The van der Waals surface area contributed by atoms with Gasteiger partial charge in [0.2, 0.25) is 0 Å². The predicted octanol–water partition coefficient (Wildman–Crippen LogP) is 3.05. The summed E-state index contributed by atoms with van der Waals surface area (Å²) in [6.45, 7) is -0.0736. The van der Waals surface area contributed by atoms with Crippen molar-refractivity contribution < 1.29 is 32.7 Å². The minimum atomic E-state index is -4.01. The summed E-state index contributed by atoms with van der Waals surface area (Å²) in [5.74, 6) is -0.878. The largest absolute Gasteiger partial charge is 0.457 e. The average Bonchev–Trinajstić information content (AvgIpc) is 2.83. The van der Waals surface area contributed by atoms with Crippen molar-refractivity contribution >= 4 is 21.8 Å². The van der Waals surface area contributed by atoms with E-state index >= 15 is 0 Å². The predicted molar refractivity (Wildman–Crippen MR) is 118 cm³/mol. The highest BCUT2D eigenvalue weighted by Gasteiger charge is 2.29. The van der Waals surface area contributed by atoms with Crippen LogP contribution in [0.1, 0.15) is 5.56 Å². The monoisotopic (exact) mass is 470 g/mol. The number of ether oxygens (including phenoxy) is 2. The van der Waals surface area contributed by atoms with Crippen molar-refractivity contribution in [2.75, 3.05) is 5.75 Å². The minimum Gasteiger partial charge on any atom is -0.457 e. The Kier molecular flexibility index (Phi) is 8.01. The molecular formula is C23H22N2O7S. The van der Waals surface area contributed by atoms with Crippen molar-refractivity contribution in [1.82, 2.24) is 10.8 Å². The van der Waals surface area contributed by atoms with Gasteiger partial charge in [0.05, 0.1) is 10.6 Å². The van der Waals surface area contributed by atoms with Crippen LogP contribution in [0, 0.1) is 0 Å². The first-order valence-corrected chi connectivity index (χ1v) is 11.5. The molecule has 2 amide bonds. The Morgan fingerprint density at radius 1 is 0.848 bits per heavy atom. The van der Waals surface area contributed by atoms with Crippen LogP contribution in [0.15, 0.2) is 89.8 Å². The summed E-state index contributed by atoms with van der Waals surface area (Å²) >= 11 is 0. The SMILES string of the molecule is O=C(NC(CS(=O)(=O)c1ccc(Oc2ccccc2)cc1)C(=O)NO)OCc1ccccc1. The lowest BCUT2D eigenvalue weighted by Crippen LogP contribution is -2.49. The summed E-state index contributed by atoms with van der Waals surface area (Å²) in [5.41, 5.74) is 2.07. The number of carbonyl (C=O) groups excluding carboxylic acids is 2. The fraction of sp³-hybridized carbons (Fsp3) is 0.130. The van der Waals surface area contributed by atoms with Crippen LogP contribution in [-0.4, -0.2) is 37.4 Å². The zero-order valence-electron chi connectivity index (χ0n) is 17.4. The maximum absolute atomic E-state index is 12.8. The van der Waals surface area contributed by atoms with E-state index in [9.17, 15) is 18.0 Å². The fourth-order valence-electron chi connectivity index (χ4n) is 2.82. The van der Waals surface area contributed by atoms with Crippen molar-refractivity contribution in [1.29, 1.82) is 0 Å². The van der Waals surface area contributed by atoms with Gasteiger partial charge in [0, 0.05) is 0 Å². The lowest BCUT2D eigenvalue weighted by molar-refractivity contribution is -0.130. The van der Waals surface area contributed by atoms with Crippen LogP contribution in [0.3, 0.4) is 0 Å². The van der Waals surface area contributed by atoms with Crippen LogP contribution in [0.2, 0.25) is 0 Å². The number of carbonyl (C=O) groups is 2. The number of benzene rings is 3. The highest BCUT2D eigenvalue weighted by molar-refractivity contribution is 7.91. The van der Waals surface area contributed by atoms with Crippen molar-refractivity contribution in [2.24, 2.45) is 0 Å². The van der Waals surface area contributed by atoms with E-state index in [1.54, 1.807) is 54.6 Å².